The lowest BCUT2D eigenvalue weighted by Gasteiger charge is -2.25. The maximum atomic E-state index is 11.6. The molecule has 0 heterocycles. The van der Waals surface area contributed by atoms with Crippen LogP contribution >= 0.6 is 0 Å². The number of aliphatic hydroxyl groups is 1. The molecule has 0 saturated carbocycles. The van der Waals surface area contributed by atoms with Crippen LogP contribution in [0.3, 0.4) is 0 Å². The van der Waals surface area contributed by atoms with Gasteiger partial charge in [-0.25, -0.2) is 4.79 Å². The van der Waals surface area contributed by atoms with Crippen molar-refractivity contribution in [3.05, 3.63) is 29.8 Å². The van der Waals surface area contributed by atoms with Crippen molar-refractivity contribution in [1.29, 1.82) is 0 Å². The highest BCUT2D eigenvalue weighted by Crippen LogP contribution is 2.20. The van der Waals surface area contributed by atoms with E-state index >= 15 is 0 Å². The van der Waals surface area contributed by atoms with Crippen molar-refractivity contribution in [2.24, 2.45) is 5.41 Å². The molecule has 1 aromatic rings. The average molecular weight is 308 g/mol. The summed E-state index contributed by atoms with van der Waals surface area (Å²) in [5.41, 5.74) is 0.983. The van der Waals surface area contributed by atoms with Crippen molar-refractivity contribution in [2.45, 2.75) is 39.7 Å². The Hall–Kier alpha value is -1.75. The van der Waals surface area contributed by atoms with Gasteiger partial charge in [0.1, 0.15) is 5.75 Å². The predicted octanol–water partition coefficient (Wildman–Crippen LogP) is 2.33. The minimum absolute atomic E-state index is 0.160. The number of hydrogen-bond donors (Lipinski definition) is 3. The van der Waals surface area contributed by atoms with Gasteiger partial charge in [-0.3, -0.25) is 0 Å². The quantitative estimate of drug-likeness (QED) is 0.724. The van der Waals surface area contributed by atoms with Gasteiger partial charge in [-0.15, -0.1) is 0 Å². The molecule has 0 aromatic heterocycles. The Morgan fingerprint density at radius 3 is 2.32 bits per heavy atom. The van der Waals surface area contributed by atoms with Crippen molar-refractivity contribution in [2.75, 3.05) is 20.2 Å². The molecule has 0 fully saturated rings. The van der Waals surface area contributed by atoms with Gasteiger partial charge in [-0.1, -0.05) is 32.9 Å². The lowest BCUT2D eigenvalue weighted by molar-refractivity contribution is 0.0564. The summed E-state index contributed by atoms with van der Waals surface area (Å²) in [5, 5.41) is 15.5. The van der Waals surface area contributed by atoms with E-state index in [2.05, 4.69) is 10.6 Å². The summed E-state index contributed by atoms with van der Waals surface area (Å²) in [4.78, 5) is 11.6. The third kappa shape index (κ3) is 6.80. The minimum atomic E-state index is -0.424. The van der Waals surface area contributed by atoms with Gasteiger partial charge in [0, 0.05) is 13.1 Å². The van der Waals surface area contributed by atoms with E-state index in [0.29, 0.717) is 19.5 Å². The van der Waals surface area contributed by atoms with Crippen molar-refractivity contribution in [1.82, 2.24) is 10.6 Å². The number of aliphatic hydroxyl groups excluding tert-OH is 1. The Kier molecular flexibility index (Phi) is 7.18. The molecular weight excluding hydrogens is 280 g/mol. The summed E-state index contributed by atoms with van der Waals surface area (Å²) in [6.45, 7) is 6.97. The van der Waals surface area contributed by atoms with Crippen LogP contribution < -0.4 is 15.4 Å². The van der Waals surface area contributed by atoms with E-state index < -0.39 is 6.10 Å². The molecule has 5 nitrogen and oxygen atoms in total. The number of hydrogen-bond acceptors (Lipinski definition) is 3. The smallest absolute Gasteiger partial charge is 0.314 e. The fourth-order valence-corrected chi connectivity index (χ4v) is 1.93. The number of carbonyl (C=O) groups is 1. The Balaban J connectivity index is 2.18. The summed E-state index contributed by atoms with van der Waals surface area (Å²) in [7, 11) is 1.64. The second-order valence-corrected chi connectivity index (χ2v) is 6.45. The number of carbonyl (C=O) groups excluding carboxylic acids is 1. The van der Waals surface area contributed by atoms with Crippen molar-refractivity contribution in [3.63, 3.8) is 0 Å². The molecule has 0 aliphatic heterocycles. The van der Waals surface area contributed by atoms with Crippen LogP contribution in [0.25, 0.3) is 0 Å². The molecule has 0 aliphatic carbocycles. The average Bonchev–Trinajstić information content (AvgIpc) is 2.47. The van der Waals surface area contributed by atoms with E-state index in [0.717, 1.165) is 17.7 Å². The van der Waals surface area contributed by atoms with Crippen LogP contribution in [-0.2, 0) is 6.42 Å². The van der Waals surface area contributed by atoms with Crippen LogP contribution in [0.2, 0.25) is 0 Å². The van der Waals surface area contributed by atoms with Crippen molar-refractivity contribution >= 4 is 6.03 Å². The highest BCUT2D eigenvalue weighted by atomic mass is 16.5. The van der Waals surface area contributed by atoms with Crippen LogP contribution in [0.1, 0.15) is 32.8 Å². The normalized spacial score (nSPS) is 12.6. The zero-order valence-electron chi connectivity index (χ0n) is 14.0. The zero-order valence-corrected chi connectivity index (χ0v) is 14.0. The van der Waals surface area contributed by atoms with Crippen LogP contribution in [0.4, 0.5) is 4.79 Å². The number of ether oxygens (including phenoxy) is 1. The molecule has 0 spiro atoms. The van der Waals surface area contributed by atoms with Gasteiger partial charge < -0.3 is 20.5 Å². The van der Waals surface area contributed by atoms with Crippen LogP contribution in [0.15, 0.2) is 24.3 Å². The summed E-state index contributed by atoms with van der Waals surface area (Å²) in [6, 6.07) is 7.58. The second kappa shape index (κ2) is 8.63. The first kappa shape index (κ1) is 18.3. The summed E-state index contributed by atoms with van der Waals surface area (Å²) in [5.74, 6) is 0.826. The first-order valence-electron chi connectivity index (χ1n) is 7.65. The fourth-order valence-electron chi connectivity index (χ4n) is 1.93. The SMILES string of the molecule is COc1ccc(CCNC(=O)NCC[C@H](O)C(C)(C)C)cc1. The number of benzene rings is 1. The fraction of sp³-hybridized carbons (Fsp3) is 0.588. The van der Waals surface area contributed by atoms with E-state index in [1.54, 1.807) is 7.11 Å². The number of rotatable bonds is 7. The molecule has 0 aliphatic rings. The molecule has 2 amide bonds. The Morgan fingerprint density at radius 1 is 1.18 bits per heavy atom. The number of nitrogens with one attached hydrogen (secondary N) is 2. The zero-order chi connectivity index (χ0) is 16.6. The molecular formula is C17H28N2O3. The third-order valence-electron chi connectivity index (χ3n) is 3.56. The lowest BCUT2D eigenvalue weighted by atomic mass is 9.87. The van der Waals surface area contributed by atoms with Gasteiger partial charge in [0.05, 0.1) is 13.2 Å². The molecule has 0 bridgehead atoms. The monoisotopic (exact) mass is 308 g/mol. The number of amides is 2. The number of methoxy groups -OCH3 is 1. The molecule has 0 unspecified atom stereocenters. The largest absolute Gasteiger partial charge is 0.497 e. The van der Waals surface area contributed by atoms with Gasteiger partial charge in [0.15, 0.2) is 0 Å². The number of urea groups is 1. The third-order valence-corrected chi connectivity index (χ3v) is 3.56. The summed E-state index contributed by atoms with van der Waals surface area (Å²) in [6.07, 6.45) is 0.893. The Bertz CT molecular complexity index is 452. The standard InChI is InChI=1S/C17H28N2O3/c1-17(2,3)15(20)10-12-19-16(21)18-11-9-13-5-7-14(22-4)8-6-13/h5-8,15,20H,9-12H2,1-4H3,(H2,18,19,21)/t15-/m0/s1. The molecule has 0 saturated heterocycles. The van der Waals surface area contributed by atoms with E-state index in [1.165, 1.54) is 0 Å². The molecule has 1 aromatic carbocycles. The highest BCUT2D eigenvalue weighted by Gasteiger charge is 2.21. The van der Waals surface area contributed by atoms with Gasteiger partial charge in [0.2, 0.25) is 0 Å². The van der Waals surface area contributed by atoms with Gasteiger partial charge in [-0.2, -0.15) is 0 Å². The van der Waals surface area contributed by atoms with E-state index in [1.807, 2.05) is 45.0 Å². The topological polar surface area (TPSA) is 70.6 Å². The van der Waals surface area contributed by atoms with Crippen molar-refractivity contribution in [3.8, 4) is 5.75 Å². The summed E-state index contributed by atoms with van der Waals surface area (Å²) >= 11 is 0. The van der Waals surface area contributed by atoms with E-state index in [-0.39, 0.29) is 11.4 Å². The van der Waals surface area contributed by atoms with Crippen LogP contribution in [-0.4, -0.2) is 37.4 Å². The highest BCUT2D eigenvalue weighted by molar-refractivity contribution is 5.73. The maximum absolute atomic E-state index is 11.6. The molecule has 124 valence electrons. The predicted molar refractivity (Wildman–Crippen MR) is 88.2 cm³/mol. The van der Waals surface area contributed by atoms with E-state index in [4.69, 9.17) is 4.74 Å². The summed E-state index contributed by atoms with van der Waals surface area (Å²) < 4.78 is 5.10. The Labute approximate surface area is 133 Å². The Morgan fingerprint density at radius 2 is 1.77 bits per heavy atom. The van der Waals surface area contributed by atoms with Gasteiger partial charge in [-0.05, 0) is 36.0 Å². The first-order chi connectivity index (χ1) is 10.3. The lowest BCUT2D eigenvalue weighted by Crippen LogP contribution is -2.39. The molecule has 1 rings (SSSR count). The molecule has 1 atom stereocenters. The maximum Gasteiger partial charge on any atom is 0.314 e. The van der Waals surface area contributed by atoms with Crippen molar-refractivity contribution < 1.29 is 14.6 Å². The second-order valence-electron chi connectivity index (χ2n) is 6.45. The minimum Gasteiger partial charge on any atom is -0.497 e. The van der Waals surface area contributed by atoms with Gasteiger partial charge >= 0.3 is 6.03 Å². The van der Waals surface area contributed by atoms with E-state index in [9.17, 15) is 9.90 Å². The van der Waals surface area contributed by atoms with Crippen LogP contribution in [0, 0.1) is 5.41 Å². The van der Waals surface area contributed by atoms with Crippen LogP contribution in [0.5, 0.6) is 5.75 Å². The first-order valence-corrected chi connectivity index (χ1v) is 7.65. The molecule has 0 radical (unpaired) electrons. The molecule has 3 N–H and O–H groups in total. The molecule has 5 heteroatoms. The molecule has 22 heavy (non-hydrogen) atoms. The van der Waals surface area contributed by atoms with Gasteiger partial charge in [0.25, 0.3) is 0 Å².